The molecule has 1 aromatic rings. The summed E-state index contributed by atoms with van der Waals surface area (Å²) in [6, 6.07) is 0.670. The van der Waals surface area contributed by atoms with E-state index in [0.717, 1.165) is 0 Å². The van der Waals surface area contributed by atoms with Crippen molar-refractivity contribution in [1.29, 1.82) is 0 Å². The van der Waals surface area contributed by atoms with Crippen LogP contribution in [-0.4, -0.2) is 20.3 Å². The molecule has 114 valence electrons. The molecule has 0 aliphatic rings. The van der Waals surface area contributed by atoms with E-state index >= 15 is 0 Å². The first-order chi connectivity index (χ1) is 8.80. The number of hydrogen-bond donors (Lipinski definition) is 0. The average molecular weight is 326 g/mol. The fourth-order valence-corrected chi connectivity index (χ4v) is 2.01. The molecule has 0 radical (unpaired) electrons. The summed E-state index contributed by atoms with van der Waals surface area (Å²) in [5, 5.41) is 0. The number of alkyl halides is 6. The van der Waals surface area contributed by atoms with E-state index < -0.39 is 45.4 Å². The fourth-order valence-electron chi connectivity index (χ4n) is 1.15. The summed E-state index contributed by atoms with van der Waals surface area (Å²) >= 11 is 0. The molecule has 0 saturated carbocycles. The first kappa shape index (κ1) is 16.5. The topological polar surface area (TPSA) is 43.4 Å². The van der Waals surface area contributed by atoms with E-state index in [0.29, 0.717) is 6.07 Å². The second kappa shape index (κ2) is 5.11. The number of benzene rings is 1. The van der Waals surface area contributed by atoms with Gasteiger partial charge in [0, 0.05) is 0 Å². The summed E-state index contributed by atoms with van der Waals surface area (Å²) in [5.74, 6) is -5.15. The van der Waals surface area contributed by atoms with E-state index in [1.165, 1.54) is 0 Å². The van der Waals surface area contributed by atoms with Crippen LogP contribution in [0.2, 0.25) is 0 Å². The molecule has 1 rings (SSSR count). The first-order valence-corrected chi connectivity index (χ1v) is 6.23. The highest BCUT2D eigenvalue weighted by molar-refractivity contribution is 7.87. The van der Waals surface area contributed by atoms with Crippen LogP contribution in [0.5, 0.6) is 5.75 Å². The predicted octanol–water partition coefficient (Wildman–Crippen LogP) is 3.12. The third kappa shape index (κ3) is 4.87. The number of halogens is 7. The van der Waals surface area contributed by atoms with Crippen LogP contribution in [0.3, 0.4) is 0 Å². The molecule has 0 bridgehead atoms. The predicted molar refractivity (Wildman–Crippen MR) is 51.9 cm³/mol. The van der Waals surface area contributed by atoms with Gasteiger partial charge in [-0.1, -0.05) is 0 Å². The van der Waals surface area contributed by atoms with E-state index in [2.05, 4.69) is 4.18 Å². The summed E-state index contributed by atoms with van der Waals surface area (Å²) < 4.78 is 111. The van der Waals surface area contributed by atoms with Gasteiger partial charge in [-0.25, -0.2) is 4.39 Å². The van der Waals surface area contributed by atoms with Crippen molar-refractivity contribution in [2.24, 2.45) is 0 Å². The van der Waals surface area contributed by atoms with E-state index in [1.54, 1.807) is 0 Å². The standard InChI is InChI=1S/C9H5F7O3S/c10-7-2-1-5(3-6(7)9(14,15)16)19-20(17,18)4-8(11,12)13/h1-3H,4H2. The Morgan fingerprint density at radius 2 is 1.60 bits per heavy atom. The van der Waals surface area contributed by atoms with Gasteiger partial charge in [0.2, 0.25) is 0 Å². The smallest absolute Gasteiger partial charge is 0.382 e. The van der Waals surface area contributed by atoms with E-state index in [9.17, 15) is 39.2 Å². The van der Waals surface area contributed by atoms with E-state index in [1.807, 2.05) is 0 Å². The van der Waals surface area contributed by atoms with Gasteiger partial charge in [-0.05, 0) is 18.2 Å². The highest BCUT2D eigenvalue weighted by Gasteiger charge is 2.38. The zero-order valence-corrected chi connectivity index (χ0v) is 10.0. The molecule has 20 heavy (non-hydrogen) atoms. The van der Waals surface area contributed by atoms with Crippen molar-refractivity contribution in [2.75, 3.05) is 5.75 Å². The first-order valence-electron chi connectivity index (χ1n) is 4.66. The van der Waals surface area contributed by atoms with Crippen LogP contribution >= 0.6 is 0 Å². The second-order valence-electron chi connectivity index (χ2n) is 3.54. The molecule has 11 heteroatoms. The molecule has 0 spiro atoms. The highest BCUT2D eigenvalue weighted by Crippen LogP contribution is 2.34. The minimum absolute atomic E-state index is 0.0384. The molecular weight excluding hydrogens is 321 g/mol. The van der Waals surface area contributed by atoms with Gasteiger partial charge in [-0.3, -0.25) is 0 Å². The molecule has 0 aliphatic carbocycles. The van der Waals surface area contributed by atoms with Gasteiger partial charge < -0.3 is 4.18 Å². The monoisotopic (exact) mass is 326 g/mol. The molecule has 0 aromatic heterocycles. The third-order valence-electron chi connectivity index (χ3n) is 1.81. The van der Waals surface area contributed by atoms with Crippen LogP contribution in [0, 0.1) is 5.82 Å². The Kier molecular flexibility index (Phi) is 4.22. The Morgan fingerprint density at radius 1 is 1.05 bits per heavy atom. The van der Waals surface area contributed by atoms with Gasteiger partial charge in [0.1, 0.15) is 11.6 Å². The van der Waals surface area contributed by atoms with Crippen LogP contribution in [0.1, 0.15) is 5.56 Å². The summed E-state index contributed by atoms with van der Waals surface area (Å²) in [5.41, 5.74) is -1.85. The molecule has 0 aliphatic heterocycles. The second-order valence-corrected chi connectivity index (χ2v) is 5.11. The van der Waals surface area contributed by atoms with Gasteiger partial charge in [0.25, 0.3) is 0 Å². The Morgan fingerprint density at radius 3 is 2.05 bits per heavy atom. The molecule has 0 heterocycles. The van der Waals surface area contributed by atoms with E-state index in [4.69, 9.17) is 0 Å². The summed E-state index contributed by atoms with van der Waals surface area (Å²) in [6.45, 7) is 0. The lowest BCUT2D eigenvalue weighted by atomic mass is 10.2. The van der Waals surface area contributed by atoms with E-state index in [-0.39, 0.29) is 12.1 Å². The zero-order chi connectivity index (χ0) is 15.8. The molecule has 0 amide bonds. The number of hydrogen-bond acceptors (Lipinski definition) is 3. The third-order valence-corrected chi connectivity index (χ3v) is 2.93. The lowest BCUT2D eigenvalue weighted by molar-refractivity contribution is -0.140. The molecule has 3 nitrogen and oxygen atoms in total. The van der Waals surface area contributed by atoms with Gasteiger partial charge in [-0.15, -0.1) is 0 Å². The zero-order valence-electron chi connectivity index (χ0n) is 9.22. The minimum atomic E-state index is -5.18. The summed E-state index contributed by atoms with van der Waals surface area (Å²) in [7, 11) is -5.18. The van der Waals surface area contributed by atoms with Gasteiger partial charge in [0.15, 0.2) is 5.75 Å². The minimum Gasteiger partial charge on any atom is -0.382 e. The SMILES string of the molecule is O=S(=O)(CC(F)(F)F)Oc1ccc(F)c(C(F)(F)F)c1. The molecule has 1 aromatic carbocycles. The van der Waals surface area contributed by atoms with Crippen LogP contribution in [0.4, 0.5) is 30.7 Å². The maximum absolute atomic E-state index is 12.9. The van der Waals surface area contributed by atoms with Crippen molar-refractivity contribution in [3.8, 4) is 5.75 Å². The lowest BCUT2D eigenvalue weighted by Gasteiger charge is -2.12. The van der Waals surface area contributed by atoms with Crippen LogP contribution < -0.4 is 4.18 Å². The molecular formula is C9H5F7O3S. The van der Waals surface area contributed by atoms with Crippen molar-refractivity contribution < 1.29 is 43.3 Å². The molecule has 0 unspecified atom stereocenters. The molecule has 0 saturated heterocycles. The van der Waals surface area contributed by atoms with Gasteiger partial charge in [-0.2, -0.15) is 34.8 Å². The normalized spacial score (nSPS) is 13.3. The van der Waals surface area contributed by atoms with Crippen LogP contribution in [-0.2, 0) is 16.3 Å². The largest absolute Gasteiger partial charge is 0.419 e. The Balaban J connectivity index is 3.06. The number of rotatable bonds is 3. The average Bonchev–Trinajstić information content (AvgIpc) is 2.14. The van der Waals surface area contributed by atoms with Crippen molar-refractivity contribution in [2.45, 2.75) is 12.4 Å². The van der Waals surface area contributed by atoms with Crippen molar-refractivity contribution in [3.05, 3.63) is 29.6 Å². The fraction of sp³-hybridized carbons (Fsp3) is 0.333. The Labute approximate surface area is 108 Å². The Bertz CT molecular complexity index is 589. The van der Waals surface area contributed by atoms with Crippen molar-refractivity contribution in [1.82, 2.24) is 0 Å². The maximum atomic E-state index is 12.9. The quantitative estimate of drug-likeness (QED) is 0.633. The molecule has 0 atom stereocenters. The lowest BCUT2D eigenvalue weighted by Crippen LogP contribution is -2.26. The van der Waals surface area contributed by atoms with Gasteiger partial charge in [0.05, 0.1) is 5.56 Å². The van der Waals surface area contributed by atoms with Crippen LogP contribution in [0.15, 0.2) is 18.2 Å². The summed E-state index contributed by atoms with van der Waals surface area (Å²) in [4.78, 5) is 0. The molecule has 0 fully saturated rings. The van der Waals surface area contributed by atoms with Crippen molar-refractivity contribution in [3.63, 3.8) is 0 Å². The van der Waals surface area contributed by atoms with Crippen molar-refractivity contribution >= 4 is 10.1 Å². The van der Waals surface area contributed by atoms with Gasteiger partial charge >= 0.3 is 22.5 Å². The Hall–Kier alpha value is -1.52. The van der Waals surface area contributed by atoms with Crippen LogP contribution in [0.25, 0.3) is 0 Å². The summed E-state index contributed by atoms with van der Waals surface area (Å²) in [6.07, 6.45) is -10.3. The highest BCUT2D eigenvalue weighted by atomic mass is 32.2. The molecule has 0 N–H and O–H groups in total. The maximum Gasteiger partial charge on any atom is 0.419 e.